The Hall–Kier alpha value is -1.15. The third-order valence-electron chi connectivity index (χ3n) is 14.1. The lowest BCUT2D eigenvalue weighted by Crippen LogP contribution is -2.60. The summed E-state index contributed by atoms with van der Waals surface area (Å²) in [5.41, 5.74) is 0. The van der Waals surface area contributed by atoms with Crippen molar-refractivity contribution in [3.63, 3.8) is 0 Å². The summed E-state index contributed by atoms with van der Waals surface area (Å²) in [6, 6.07) is -1.18. The molecule has 9 unspecified atom stereocenters. The molecular weight excluding hydrogens is 847 g/mol. The maximum Gasteiger partial charge on any atom is 0.249 e. The molecule has 0 spiro atoms. The standard InChI is InChI=1S/C56H109NO10/c1-3-5-7-9-11-13-15-17-18-19-20-21-22-23-24-25-26-27-28-29-30-31-32-34-35-37-39-41-43-48(59)51(61)47(46-66-56-54(64)53(63)52(62)50(45-58)67-56)57-55(65)49(60)44-42-40-38-36-33-16-14-12-10-8-6-4-2/h35,37,47-54,56,58-64H,3-34,36,38-46H2,1-2H3,(H,57,65)/b37-35+. The van der Waals surface area contributed by atoms with E-state index in [2.05, 4.69) is 31.3 Å². The highest BCUT2D eigenvalue weighted by molar-refractivity contribution is 5.80. The van der Waals surface area contributed by atoms with Crippen molar-refractivity contribution in [3.8, 4) is 0 Å². The van der Waals surface area contributed by atoms with Crippen molar-refractivity contribution in [2.45, 2.75) is 326 Å². The van der Waals surface area contributed by atoms with E-state index in [9.17, 15) is 40.5 Å². The van der Waals surface area contributed by atoms with Crippen LogP contribution in [0.4, 0.5) is 0 Å². The van der Waals surface area contributed by atoms with E-state index in [0.29, 0.717) is 12.8 Å². The van der Waals surface area contributed by atoms with Crippen LogP contribution in [0.5, 0.6) is 0 Å². The average molecular weight is 956 g/mol. The molecule has 0 radical (unpaired) electrons. The highest BCUT2D eigenvalue weighted by Gasteiger charge is 2.44. The van der Waals surface area contributed by atoms with Gasteiger partial charge in [0.25, 0.3) is 0 Å². The third kappa shape index (κ3) is 34.8. The maximum atomic E-state index is 13.1. The molecular formula is C56H109NO10. The molecule has 0 saturated carbocycles. The summed E-state index contributed by atoms with van der Waals surface area (Å²) in [6.45, 7) is 3.45. The molecule has 0 aliphatic carbocycles. The summed E-state index contributed by atoms with van der Waals surface area (Å²) in [5.74, 6) is -0.703. The first-order valence-corrected chi connectivity index (χ1v) is 28.6. The van der Waals surface area contributed by atoms with E-state index >= 15 is 0 Å². The van der Waals surface area contributed by atoms with Gasteiger partial charge in [-0.15, -0.1) is 0 Å². The first kappa shape index (κ1) is 63.9. The van der Waals surface area contributed by atoms with E-state index in [1.54, 1.807) is 0 Å². The van der Waals surface area contributed by atoms with Gasteiger partial charge in [-0.2, -0.15) is 0 Å². The van der Waals surface area contributed by atoms with Gasteiger partial charge < -0.3 is 50.5 Å². The molecule has 1 amide bonds. The second kappa shape index (κ2) is 46.0. The second-order valence-corrected chi connectivity index (χ2v) is 20.4. The van der Waals surface area contributed by atoms with Crippen LogP contribution in [0.3, 0.4) is 0 Å². The van der Waals surface area contributed by atoms with Gasteiger partial charge in [-0.1, -0.05) is 244 Å². The minimum absolute atomic E-state index is 0.258. The van der Waals surface area contributed by atoms with Crippen LogP contribution in [0.15, 0.2) is 12.2 Å². The summed E-state index contributed by atoms with van der Waals surface area (Å²) < 4.78 is 11.1. The summed E-state index contributed by atoms with van der Waals surface area (Å²) in [4.78, 5) is 13.1. The van der Waals surface area contributed by atoms with Crippen LogP contribution in [0.1, 0.15) is 271 Å². The highest BCUT2D eigenvalue weighted by atomic mass is 16.7. The normalized spacial score (nSPS) is 20.6. The zero-order valence-corrected chi connectivity index (χ0v) is 43.4. The fourth-order valence-electron chi connectivity index (χ4n) is 9.39. The lowest BCUT2D eigenvalue weighted by atomic mass is 9.98. The molecule has 0 aromatic heterocycles. The molecule has 1 heterocycles. The van der Waals surface area contributed by atoms with Gasteiger partial charge in [-0.05, 0) is 38.5 Å². The topological polar surface area (TPSA) is 189 Å². The molecule has 0 bridgehead atoms. The fourth-order valence-corrected chi connectivity index (χ4v) is 9.39. The number of ether oxygens (including phenoxy) is 2. The smallest absolute Gasteiger partial charge is 0.249 e. The number of hydrogen-bond acceptors (Lipinski definition) is 10. The first-order valence-electron chi connectivity index (χ1n) is 28.6. The van der Waals surface area contributed by atoms with Crippen molar-refractivity contribution in [1.82, 2.24) is 5.32 Å². The largest absolute Gasteiger partial charge is 0.394 e. The summed E-state index contributed by atoms with van der Waals surface area (Å²) in [6.07, 6.45) is 41.5. The number of amides is 1. The van der Waals surface area contributed by atoms with Crippen LogP contribution in [0, 0.1) is 0 Å². The molecule has 9 atom stereocenters. The molecule has 67 heavy (non-hydrogen) atoms. The Bertz CT molecular complexity index is 1100. The summed E-state index contributed by atoms with van der Waals surface area (Å²) >= 11 is 0. The average Bonchev–Trinajstić information content (AvgIpc) is 3.33. The lowest BCUT2D eigenvalue weighted by molar-refractivity contribution is -0.303. The van der Waals surface area contributed by atoms with Crippen LogP contribution in [0.25, 0.3) is 0 Å². The van der Waals surface area contributed by atoms with Gasteiger partial charge in [0.15, 0.2) is 6.29 Å². The molecule has 1 aliphatic rings. The Labute approximate surface area is 411 Å². The van der Waals surface area contributed by atoms with E-state index in [0.717, 1.165) is 38.5 Å². The van der Waals surface area contributed by atoms with Crippen molar-refractivity contribution in [2.24, 2.45) is 0 Å². The third-order valence-corrected chi connectivity index (χ3v) is 14.1. The Morgan fingerprint density at radius 3 is 1.28 bits per heavy atom. The Balaban J connectivity index is 2.26. The van der Waals surface area contributed by atoms with E-state index in [1.165, 1.54) is 193 Å². The zero-order chi connectivity index (χ0) is 49.0. The molecule has 1 aliphatic heterocycles. The monoisotopic (exact) mass is 956 g/mol. The van der Waals surface area contributed by atoms with Crippen LogP contribution in [-0.4, -0.2) is 110 Å². The van der Waals surface area contributed by atoms with E-state index in [1.807, 2.05) is 0 Å². The number of nitrogens with one attached hydrogen (secondary N) is 1. The predicted octanol–water partition coefficient (Wildman–Crippen LogP) is 11.6. The quantitative estimate of drug-likeness (QED) is 0.0215. The van der Waals surface area contributed by atoms with Crippen LogP contribution >= 0.6 is 0 Å². The second-order valence-electron chi connectivity index (χ2n) is 20.4. The Kier molecular flexibility index (Phi) is 43.8. The highest BCUT2D eigenvalue weighted by Crippen LogP contribution is 2.23. The molecule has 1 saturated heterocycles. The minimum Gasteiger partial charge on any atom is -0.394 e. The molecule has 11 nitrogen and oxygen atoms in total. The number of aliphatic hydroxyl groups is 7. The number of aliphatic hydroxyl groups excluding tert-OH is 7. The SMILES string of the molecule is CCCCCCCCCCCCCCCCCCCCCCCCC/C=C/CCCC(O)C(O)C(COC1OC(CO)C(O)C(O)C1O)NC(=O)C(O)CCCCCCCCCCCCCC. The van der Waals surface area contributed by atoms with Crippen LogP contribution in [0.2, 0.25) is 0 Å². The molecule has 11 heteroatoms. The molecule has 1 rings (SSSR count). The number of rotatable bonds is 49. The Morgan fingerprint density at radius 2 is 0.881 bits per heavy atom. The van der Waals surface area contributed by atoms with E-state index in [-0.39, 0.29) is 12.8 Å². The van der Waals surface area contributed by atoms with E-state index < -0.39 is 74.2 Å². The number of hydrogen-bond donors (Lipinski definition) is 8. The van der Waals surface area contributed by atoms with Crippen LogP contribution in [-0.2, 0) is 14.3 Å². The first-order chi connectivity index (χ1) is 32.7. The van der Waals surface area contributed by atoms with Crippen molar-refractivity contribution >= 4 is 5.91 Å². The number of allylic oxidation sites excluding steroid dienone is 2. The molecule has 0 aromatic rings. The van der Waals surface area contributed by atoms with Gasteiger partial charge in [0.05, 0.1) is 25.4 Å². The number of carbonyl (C=O) groups is 1. The molecule has 398 valence electrons. The number of unbranched alkanes of at least 4 members (excludes halogenated alkanes) is 35. The summed E-state index contributed by atoms with van der Waals surface area (Å²) in [5, 5.41) is 75.9. The van der Waals surface area contributed by atoms with Crippen molar-refractivity contribution in [3.05, 3.63) is 12.2 Å². The van der Waals surface area contributed by atoms with Crippen molar-refractivity contribution < 1.29 is 50.0 Å². The van der Waals surface area contributed by atoms with Gasteiger partial charge in [0.2, 0.25) is 5.91 Å². The van der Waals surface area contributed by atoms with Gasteiger partial charge >= 0.3 is 0 Å². The zero-order valence-electron chi connectivity index (χ0n) is 43.4. The lowest BCUT2D eigenvalue weighted by Gasteiger charge is -2.40. The van der Waals surface area contributed by atoms with E-state index in [4.69, 9.17) is 9.47 Å². The van der Waals surface area contributed by atoms with Gasteiger partial charge in [0, 0.05) is 0 Å². The Morgan fingerprint density at radius 1 is 0.507 bits per heavy atom. The minimum atomic E-state index is -1.66. The van der Waals surface area contributed by atoms with Crippen molar-refractivity contribution in [2.75, 3.05) is 13.2 Å². The van der Waals surface area contributed by atoms with Crippen molar-refractivity contribution in [1.29, 1.82) is 0 Å². The number of carbonyl (C=O) groups excluding carboxylic acids is 1. The maximum absolute atomic E-state index is 13.1. The summed E-state index contributed by atoms with van der Waals surface area (Å²) in [7, 11) is 0. The molecule has 1 fully saturated rings. The predicted molar refractivity (Wildman–Crippen MR) is 275 cm³/mol. The van der Waals surface area contributed by atoms with Gasteiger partial charge in [-0.25, -0.2) is 0 Å². The molecule has 8 N–H and O–H groups in total. The molecule has 0 aromatic carbocycles. The fraction of sp³-hybridized carbons (Fsp3) is 0.946. The van der Waals surface area contributed by atoms with Gasteiger partial charge in [0.1, 0.15) is 36.6 Å². The van der Waals surface area contributed by atoms with Crippen LogP contribution < -0.4 is 5.32 Å². The van der Waals surface area contributed by atoms with Gasteiger partial charge in [-0.3, -0.25) is 4.79 Å².